The van der Waals surface area contributed by atoms with Gasteiger partial charge in [-0.1, -0.05) is 29.3 Å². The van der Waals surface area contributed by atoms with Gasteiger partial charge in [-0.3, -0.25) is 9.59 Å². The molecule has 1 aliphatic carbocycles. The van der Waals surface area contributed by atoms with Crippen molar-refractivity contribution in [2.75, 3.05) is 10.6 Å². The molecule has 0 aliphatic heterocycles. The summed E-state index contributed by atoms with van der Waals surface area (Å²) in [6.07, 6.45) is 0. The van der Waals surface area contributed by atoms with Gasteiger partial charge in [-0.25, -0.2) is 13.2 Å². The average Bonchev–Trinajstić information content (AvgIpc) is 3.32. The molecule has 3 aromatic carbocycles. The summed E-state index contributed by atoms with van der Waals surface area (Å²) in [5, 5.41) is 5.36. The number of carbonyl (C=O) groups excluding carboxylic acids is 2. The Morgan fingerprint density at radius 1 is 0.824 bits per heavy atom. The molecule has 4 nitrogen and oxygen atoms in total. The van der Waals surface area contributed by atoms with Crippen LogP contribution in [0.15, 0.2) is 54.6 Å². The van der Waals surface area contributed by atoms with E-state index in [0.29, 0.717) is 15.6 Å². The molecule has 0 heterocycles. The second-order valence-electron chi connectivity index (χ2n) is 7.57. The molecule has 0 unspecified atom stereocenters. The molecule has 2 amide bonds. The molecule has 1 saturated carbocycles. The first-order valence-electron chi connectivity index (χ1n) is 9.68. The number of alkyl halides is 2. The van der Waals surface area contributed by atoms with E-state index in [0.717, 1.165) is 30.3 Å². The minimum absolute atomic E-state index is 0.0922. The minimum atomic E-state index is -1.43. The number of halogens is 7. The van der Waals surface area contributed by atoms with Gasteiger partial charge in [0.25, 0.3) is 5.91 Å². The smallest absolute Gasteiger partial charge is 0.261 e. The van der Waals surface area contributed by atoms with Crippen LogP contribution in [0.25, 0.3) is 0 Å². The van der Waals surface area contributed by atoms with Crippen molar-refractivity contribution < 1.29 is 22.8 Å². The molecule has 4 rings (SSSR count). The number of rotatable bonds is 5. The largest absolute Gasteiger partial charge is 0.326 e. The molecule has 3 aromatic rings. The van der Waals surface area contributed by atoms with E-state index in [1.807, 2.05) is 0 Å². The van der Waals surface area contributed by atoms with Crippen LogP contribution in [0.3, 0.4) is 0 Å². The molecule has 1 fully saturated rings. The molecule has 176 valence electrons. The summed E-state index contributed by atoms with van der Waals surface area (Å²) in [4.78, 5) is 25.1. The van der Waals surface area contributed by atoms with Crippen LogP contribution in [-0.2, 0) is 4.79 Å². The van der Waals surface area contributed by atoms with Crippen LogP contribution in [0.2, 0.25) is 10.0 Å². The van der Waals surface area contributed by atoms with Crippen molar-refractivity contribution in [2.24, 2.45) is 5.92 Å². The number of carbonyl (C=O) groups is 2. The number of amides is 2. The second-order valence-corrected chi connectivity index (χ2v) is 9.88. The maximum Gasteiger partial charge on any atom is 0.261 e. The highest BCUT2D eigenvalue weighted by molar-refractivity contribution is 6.53. The lowest BCUT2D eigenvalue weighted by molar-refractivity contribution is -0.117. The zero-order valence-corrected chi connectivity index (χ0v) is 19.8. The Morgan fingerprint density at radius 2 is 1.44 bits per heavy atom. The van der Waals surface area contributed by atoms with Crippen molar-refractivity contribution in [1.29, 1.82) is 0 Å². The summed E-state index contributed by atoms with van der Waals surface area (Å²) in [5.41, 5.74) is -0.606. The minimum Gasteiger partial charge on any atom is -0.326 e. The van der Waals surface area contributed by atoms with Crippen LogP contribution in [0.1, 0.15) is 21.8 Å². The Kier molecular flexibility index (Phi) is 6.75. The van der Waals surface area contributed by atoms with Crippen LogP contribution < -0.4 is 10.6 Å². The molecule has 0 saturated heterocycles. The van der Waals surface area contributed by atoms with E-state index in [4.69, 9.17) is 46.4 Å². The van der Waals surface area contributed by atoms with E-state index >= 15 is 0 Å². The highest BCUT2D eigenvalue weighted by atomic mass is 35.5. The molecule has 0 radical (unpaired) electrons. The van der Waals surface area contributed by atoms with Gasteiger partial charge in [0.2, 0.25) is 5.91 Å². The van der Waals surface area contributed by atoms with Crippen molar-refractivity contribution >= 4 is 69.6 Å². The predicted octanol–water partition coefficient (Wildman–Crippen LogP) is 7.19. The van der Waals surface area contributed by atoms with E-state index in [-0.39, 0.29) is 5.69 Å². The Morgan fingerprint density at radius 3 is 2.06 bits per heavy atom. The number of hydrogen-bond donors (Lipinski definition) is 2. The number of anilines is 2. The van der Waals surface area contributed by atoms with Gasteiger partial charge in [0, 0.05) is 21.7 Å². The van der Waals surface area contributed by atoms with Crippen LogP contribution in [0.4, 0.5) is 24.5 Å². The fourth-order valence-electron chi connectivity index (χ4n) is 3.64. The molecule has 11 heteroatoms. The van der Waals surface area contributed by atoms with E-state index in [9.17, 15) is 22.8 Å². The standard InChI is InChI=1S/C23H13Cl4F3N2O2/c24-11-6-10(7-12(25)8-11)19-20(23(19,26)27)22(34)31-13-4-5-14(28)17(9-13)32-21(33)18-15(29)2-1-3-16(18)30/h1-9,19-20H,(H,31,34)(H,32,33)/t19-,20+/m0/s1. The maximum absolute atomic E-state index is 14.3. The molecule has 0 spiro atoms. The topological polar surface area (TPSA) is 58.2 Å². The Labute approximate surface area is 211 Å². The summed E-state index contributed by atoms with van der Waals surface area (Å²) >= 11 is 24.7. The fourth-order valence-corrected chi connectivity index (χ4v) is 5.01. The second kappa shape index (κ2) is 9.30. The number of hydrogen-bond acceptors (Lipinski definition) is 2. The van der Waals surface area contributed by atoms with Crippen LogP contribution in [-0.4, -0.2) is 16.1 Å². The van der Waals surface area contributed by atoms with Gasteiger partial charge in [0.05, 0.1) is 11.6 Å². The molecular formula is C23H13Cl4F3N2O2. The van der Waals surface area contributed by atoms with Gasteiger partial charge in [0.1, 0.15) is 27.3 Å². The van der Waals surface area contributed by atoms with Crippen molar-refractivity contribution in [1.82, 2.24) is 0 Å². The van der Waals surface area contributed by atoms with Crippen molar-refractivity contribution in [3.8, 4) is 0 Å². The monoisotopic (exact) mass is 546 g/mol. The molecule has 0 aromatic heterocycles. The van der Waals surface area contributed by atoms with Crippen molar-refractivity contribution in [2.45, 2.75) is 10.3 Å². The maximum atomic E-state index is 14.3. The quantitative estimate of drug-likeness (QED) is 0.332. The molecule has 1 aliphatic rings. The third kappa shape index (κ3) is 4.84. The van der Waals surface area contributed by atoms with Gasteiger partial charge in [-0.2, -0.15) is 0 Å². The first kappa shape index (κ1) is 24.7. The van der Waals surface area contributed by atoms with Crippen molar-refractivity contribution in [3.63, 3.8) is 0 Å². The highest BCUT2D eigenvalue weighted by Crippen LogP contribution is 2.65. The summed E-state index contributed by atoms with van der Waals surface area (Å²) in [7, 11) is 0. The van der Waals surface area contributed by atoms with Crippen LogP contribution in [0, 0.1) is 23.4 Å². The third-order valence-electron chi connectivity index (χ3n) is 5.25. The third-order valence-corrected chi connectivity index (χ3v) is 6.63. The lowest BCUT2D eigenvalue weighted by atomic mass is 10.1. The molecule has 2 atom stereocenters. The van der Waals surface area contributed by atoms with Gasteiger partial charge < -0.3 is 10.6 Å². The summed E-state index contributed by atoms with van der Waals surface area (Å²) in [5.74, 6) is -6.34. The van der Waals surface area contributed by atoms with Gasteiger partial charge in [0.15, 0.2) is 0 Å². The molecule has 0 bridgehead atoms. The predicted molar refractivity (Wildman–Crippen MR) is 126 cm³/mol. The zero-order valence-electron chi connectivity index (χ0n) is 16.8. The molecular weight excluding hydrogens is 535 g/mol. The SMILES string of the molecule is O=C(Nc1cc(NC(=O)[C@H]2[C@H](c3cc(Cl)cc(Cl)c3)C2(Cl)Cl)ccc1F)c1c(F)cccc1F. The number of nitrogens with one attached hydrogen (secondary N) is 2. The van der Waals surface area contributed by atoms with Gasteiger partial charge in [-0.05, 0) is 54.1 Å². The lowest BCUT2D eigenvalue weighted by Gasteiger charge is -2.11. The average molecular weight is 548 g/mol. The first-order chi connectivity index (χ1) is 16.0. The Hall–Kier alpha value is -2.45. The van der Waals surface area contributed by atoms with Crippen molar-refractivity contribution in [3.05, 3.63) is 93.2 Å². The highest BCUT2D eigenvalue weighted by Gasteiger charge is 2.67. The zero-order chi connectivity index (χ0) is 24.8. The molecule has 2 N–H and O–H groups in total. The Bertz CT molecular complexity index is 1280. The van der Waals surface area contributed by atoms with E-state index in [1.165, 1.54) is 12.1 Å². The van der Waals surface area contributed by atoms with E-state index < -0.39 is 56.7 Å². The summed E-state index contributed by atoms with van der Waals surface area (Å²) in [6.45, 7) is 0. The fraction of sp³-hybridized carbons (Fsp3) is 0.130. The Balaban J connectivity index is 1.52. The number of benzene rings is 3. The molecule has 34 heavy (non-hydrogen) atoms. The van der Waals surface area contributed by atoms with E-state index in [1.54, 1.807) is 12.1 Å². The first-order valence-corrected chi connectivity index (χ1v) is 11.2. The van der Waals surface area contributed by atoms with Crippen LogP contribution in [0.5, 0.6) is 0 Å². The van der Waals surface area contributed by atoms with Gasteiger partial charge in [-0.15, -0.1) is 23.2 Å². The van der Waals surface area contributed by atoms with Crippen LogP contribution >= 0.6 is 46.4 Å². The van der Waals surface area contributed by atoms with E-state index in [2.05, 4.69) is 10.6 Å². The normalized spacial score (nSPS) is 18.3. The summed E-state index contributed by atoms with van der Waals surface area (Å²) < 4.78 is 40.5. The lowest BCUT2D eigenvalue weighted by Crippen LogP contribution is -2.19. The summed E-state index contributed by atoms with van der Waals surface area (Å²) in [6, 6.07) is 10.9. The van der Waals surface area contributed by atoms with Gasteiger partial charge >= 0.3 is 0 Å².